The molecule has 2 aromatic heterocycles. The van der Waals surface area contributed by atoms with Crippen molar-refractivity contribution in [1.29, 1.82) is 0 Å². The molecule has 0 saturated heterocycles. The van der Waals surface area contributed by atoms with Gasteiger partial charge in [0.15, 0.2) is 5.69 Å². The molecule has 11 heteroatoms. The number of carbonyl (C=O) groups is 1. The predicted octanol–water partition coefficient (Wildman–Crippen LogP) is 4.58. The normalized spacial score (nSPS) is 13.7. The molecule has 1 amide bonds. The lowest BCUT2D eigenvalue weighted by molar-refractivity contribution is 0.0936. The summed E-state index contributed by atoms with van der Waals surface area (Å²) in [4.78, 5) is 13.3. The Morgan fingerprint density at radius 1 is 1.08 bits per heavy atom. The summed E-state index contributed by atoms with van der Waals surface area (Å²) in [5, 5.41) is 21.4. The van der Waals surface area contributed by atoms with E-state index in [9.17, 15) is 27.5 Å². The molecule has 1 fully saturated rings. The molecule has 2 aromatic carbocycles. The largest absolute Gasteiger partial charge is 0.508 e. The van der Waals surface area contributed by atoms with Crippen LogP contribution in [0.5, 0.6) is 5.75 Å². The van der Waals surface area contributed by atoms with Crippen LogP contribution in [0.2, 0.25) is 0 Å². The van der Waals surface area contributed by atoms with Gasteiger partial charge in [0.2, 0.25) is 0 Å². The van der Waals surface area contributed by atoms with Gasteiger partial charge in [-0.1, -0.05) is 18.1 Å². The lowest BCUT2D eigenvalue weighted by atomic mass is 9.97. The van der Waals surface area contributed by atoms with Crippen LogP contribution in [0.25, 0.3) is 0 Å². The molecular weight excluding hydrogens is 502 g/mol. The average molecular weight is 523 g/mol. The first-order valence-corrected chi connectivity index (χ1v) is 11.7. The highest BCUT2D eigenvalue weighted by atomic mass is 19.3. The summed E-state index contributed by atoms with van der Waals surface area (Å²) in [7, 11) is 0. The molecule has 2 heterocycles. The van der Waals surface area contributed by atoms with E-state index < -0.39 is 36.6 Å². The number of phenols is 1. The summed E-state index contributed by atoms with van der Waals surface area (Å²) in [5.41, 5.74) is 1.43. The number of phenolic OH excluding ortho intramolecular Hbond substituents is 1. The fraction of sp³-hybridized carbons (Fsp3) is 0.222. The van der Waals surface area contributed by atoms with Gasteiger partial charge in [0.25, 0.3) is 12.3 Å². The Balaban J connectivity index is 1.44. The van der Waals surface area contributed by atoms with E-state index in [1.807, 2.05) is 0 Å². The quantitative estimate of drug-likeness (QED) is 0.274. The number of aromatic nitrogens is 4. The third-order valence-electron chi connectivity index (χ3n) is 5.93. The van der Waals surface area contributed by atoms with Crippen molar-refractivity contribution >= 4 is 5.91 Å². The van der Waals surface area contributed by atoms with Crippen molar-refractivity contribution in [1.82, 2.24) is 24.9 Å². The first kappa shape index (κ1) is 25.1. The van der Waals surface area contributed by atoms with Crippen LogP contribution in [-0.2, 0) is 6.54 Å². The molecular formula is C27H21F4N5O2. The maximum absolute atomic E-state index is 14.0. The Hall–Kier alpha value is -4.59. The summed E-state index contributed by atoms with van der Waals surface area (Å²) >= 11 is 0. The van der Waals surface area contributed by atoms with Crippen LogP contribution in [-0.4, -0.2) is 37.0 Å². The Labute approximate surface area is 214 Å². The van der Waals surface area contributed by atoms with Crippen molar-refractivity contribution in [2.75, 3.05) is 0 Å². The fourth-order valence-corrected chi connectivity index (χ4v) is 3.96. The number of alkyl halides is 2. The van der Waals surface area contributed by atoms with Gasteiger partial charge < -0.3 is 10.4 Å². The van der Waals surface area contributed by atoms with Crippen molar-refractivity contribution in [2.45, 2.75) is 37.9 Å². The van der Waals surface area contributed by atoms with Crippen LogP contribution in [0.3, 0.4) is 0 Å². The van der Waals surface area contributed by atoms with Gasteiger partial charge in [-0.3, -0.25) is 14.2 Å². The second-order valence-corrected chi connectivity index (χ2v) is 8.84. The summed E-state index contributed by atoms with van der Waals surface area (Å²) in [6.07, 6.45) is 1.96. The molecule has 2 N–H and O–H groups in total. The minimum atomic E-state index is -2.54. The van der Waals surface area contributed by atoms with E-state index in [0.29, 0.717) is 16.8 Å². The molecule has 0 spiro atoms. The summed E-state index contributed by atoms with van der Waals surface area (Å²) in [6.45, 7) is -0.540. The molecule has 1 aliphatic carbocycles. The monoisotopic (exact) mass is 523 g/mol. The van der Waals surface area contributed by atoms with Crippen molar-refractivity contribution < 1.29 is 27.5 Å². The minimum Gasteiger partial charge on any atom is -0.508 e. The van der Waals surface area contributed by atoms with Crippen LogP contribution in [0.4, 0.5) is 17.6 Å². The smallest absolute Gasteiger partial charge is 0.272 e. The van der Waals surface area contributed by atoms with Gasteiger partial charge in [-0.2, -0.15) is 10.2 Å². The number of nitrogens with one attached hydrogen (secondary N) is 1. The number of nitrogens with zero attached hydrogens (tertiary/aromatic N) is 4. The first-order valence-electron chi connectivity index (χ1n) is 11.7. The first-order chi connectivity index (χ1) is 18.3. The fourth-order valence-electron chi connectivity index (χ4n) is 3.96. The Bertz CT molecular complexity index is 1530. The molecule has 1 aliphatic rings. The number of carbonyl (C=O) groups excluding carboxylic acids is 1. The maximum atomic E-state index is 14.0. The SMILES string of the molecule is O=C(N[C@@H](c1ccc(F)cc1)c1cc(F)ccc1O)c1cc(C#Cc2cnn(CC(F)F)c2)n(C2CC2)n1. The summed E-state index contributed by atoms with van der Waals surface area (Å²) in [6, 6.07) is 9.18. The van der Waals surface area contributed by atoms with Gasteiger partial charge >= 0.3 is 0 Å². The van der Waals surface area contributed by atoms with Gasteiger partial charge in [0.05, 0.1) is 23.8 Å². The summed E-state index contributed by atoms with van der Waals surface area (Å²) in [5.74, 6) is 3.82. The highest BCUT2D eigenvalue weighted by Gasteiger charge is 2.29. The molecule has 7 nitrogen and oxygen atoms in total. The lowest BCUT2D eigenvalue weighted by Gasteiger charge is -2.20. The van der Waals surface area contributed by atoms with Gasteiger partial charge in [-0.25, -0.2) is 17.6 Å². The average Bonchev–Trinajstić information content (AvgIpc) is 3.48. The van der Waals surface area contributed by atoms with E-state index in [4.69, 9.17) is 0 Å². The summed E-state index contributed by atoms with van der Waals surface area (Å²) < 4.78 is 55.5. The van der Waals surface area contributed by atoms with E-state index in [0.717, 1.165) is 29.7 Å². The topological polar surface area (TPSA) is 85.0 Å². The van der Waals surface area contributed by atoms with Crippen molar-refractivity contribution in [3.8, 4) is 17.6 Å². The second kappa shape index (κ2) is 10.4. The van der Waals surface area contributed by atoms with E-state index >= 15 is 0 Å². The third kappa shape index (κ3) is 5.70. The molecule has 4 aromatic rings. The number of hydrogen-bond donors (Lipinski definition) is 2. The van der Waals surface area contributed by atoms with E-state index in [1.165, 1.54) is 48.8 Å². The van der Waals surface area contributed by atoms with Crippen LogP contribution in [0.15, 0.2) is 60.9 Å². The molecule has 0 unspecified atom stereocenters. The number of halogens is 4. The van der Waals surface area contributed by atoms with Crippen LogP contribution in [0, 0.1) is 23.5 Å². The third-order valence-corrected chi connectivity index (χ3v) is 5.93. The predicted molar refractivity (Wildman–Crippen MR) is 128 cm³/mol. The Morgan fingerprint density at radius 3 is 2.53 bits per heavy atom. The number of amides is 1. The molecule has 0 aliphatic heterocycles. The molecule has 194 valence electrons. The number of hydrogen-bond acceptors (Lipinski definition) is 4. The van der Waals surface area contributed by atoms with Crippen molar-refractivity contribution in [3.63, 3.8) is 0 Å². The zero-order chi connectivity index (χ0) is 26.8. The van der Waals surface area contributed by atoms with Gasteiger partial charge in [-0.05, 0) is 54.7 Å². The highest BCUT2D eigenvalue weighted by Crippen LogP contribution is 2.36. The van der Waals surface area contributed by atoms with E-state index in [-0.39, 0.29) is 23.0 Å². The van der Waals surface area contributed by atoms with Gasteiger partial charge in [0.1, 0.15) is 29.6 Å². The maximum Gasteiger partial charge on any atom is 0.272 e. The molecule has 38 heavy (non-hydrogen) atoms. The molecule has 1 saturated carbocycles. The number of aromatic hydroxyl groups is 1. The zero-order valence-electron chi connectivity index (χ0n) is 19.8. The van der Waals surface area contributed by atoms with Crippen LogP contribution in [0.1, 0.15) is 57.8 Å². The molecule has 0 bridgehead atoms. The van der Waals surface area contributed by atoms with Gasteiger partial charge in [-0.15, -0.1) is 0 Å². The molecule has 0 radical (unpaired) electrons. The number of benzene rings is 2. The van der Waals surface area contributed by atoms with E-state index in [2.05, 4.69) is 27.4 Å². The zero-order valence-corrected chi connectivity index (χ0v) is 19.8. The van der Waals surface area contributed by atoms with Gasteiger partial charge in [0, 0.05) is 17.8 Å². The number of rotatable bonds is 7. The van der Waals surface area contributed by atoms with Crippen LogP contribution >= 0.6 is 0 Å². The Morgan fingerprint density at radius 2 is 1.82 bits per heavy atom. The van der Waals surface area contributed by atoms with Crippen molar-refractivity contribution in [3.05, 3.63) is 101 Å². The van der Waals surface area contributed by atoms with Crippen LogP contribution < -0.4 is 5.32 Å². The highest BCUT2D eigenvalue weighted by molar-refractivity contribution is 5.93. The minimum absolute atomic E-state index is 0.0394. The van der Waals surface area contributed by atoms with E-state index in [1.54, 1.807) is 4.68 Å². The molecule has 1 atom stereocenters. The Kier molecular flexibility index (Phi) is 6.87. The van der Waals surface area contributed by atoms with Crippen molar-refractivity contribution in [2.24, 2.45) is 0 Å². The second-order valence-electron chi connectivity index (χ2n) is 8.84. The standard InChI is InChI=1S/C27H21F4N5O2/c28-18-4-2-17(3-5-18)26(22-11-19(29)6-10-24(22)37)33-27(38)23-12-21(36(34-23)20-8-9-20)7-1-16-13-32-35(14-16)15-25(30)31/h2-6,10-14,20,25-26,37H,8-9,15H2,(H,33,38)/t26-/m0/s1. The lowest BCUT2D eigenvalue weighted by Crippen LogP contribution is -2.30. The molecule has 5 rings (SSSR count).